The van der Waals surface area contributed by atoms with Crippen LogP contribution in [0.25, 0.3) is 0 Å². The topological polar surface area (TPSA) is 126 Å². The van der Waals surface area contributed by atoms with E-state index in [1.807, 2.05) is 13.0 Å². The molecule has 0 aromatic heterocycles. The van der Waals surface area contributed by atoms with E-state index in [4.69, 9.17) is 9.47 Å². The number of aryl methyl sites for hydroxylation is 2. The van der Waals surface area contributed by atoms with Crippen molar-refractivity contribution >= 4 is 37.5 Å². The van der Waals surface area contributed by atoms with Crippen molar-refractivity contribution in [3.63, 3.8) is 0 Å². The van der Waals surface area contributed by atoms with Gasteiger partial charge in [-0.1, -0.05) is 12.1 Å². The van der Waals surface area contributed by atoms with Gasteiger partial charge in [0.25, 0.3) is 0 Å². The molecule has 1 amide bonds. The fraction of sp³-hybridized carbons (Fsp3) is 0.435. The summed E-state index contributed by atoms with van der Waals surface area (Å²) in [5, 5.41) is 2.63. The molecule has 36 heavy (non-hydrogen) atoms. The third-order valence-corrected chi connectivity index (χ3v) is 9.41. The lowest BCUT2D eigenvalue weighted by atomic mass is 10.1. The molecule has 11 nitrogen and oxygen atoms in total. The van der Waals surface area contributed by atoms with Gasteiger partial charge in [-0.25, -0.2) is 12.7 Å². The van der Waals surface area contributed by atoms with Gasteiger partial charge in [0.2, 0.25) is 15.9 Å². The molecule has 198 valence electrons. The molecular formula is C23H32N4O7S2. The Morgan fingerprint density at radius 2 is 1.72 bits per heavy atom. The van der Waals surface area contributed by atoms with Gasteiger partial charge in [-0.15, -0.1) is 0 Å². The van der Waals surface area contributed by atoms with Crippen molar-refractivity contribution in [3.05, 3.63) is 47.5 Å². The van der Waals surface area contributed by atoms with E-state index in [9.17, 15) is 21.6 Å². The molecule has 0 aliphatic carbocycles. The van der Waals surface area contributed by atoms with Crippen LogP contribution < -0.4 is 14.4 Å². The highest BCUT2D eigenvalue weighted by atomic mass is 32.2. The lowest BCUT2D eigenvalue weighted by Crippen LogP contribution is -2.44. The zero-order valence-corrected chi connectivity index (χ0v) is 22.6. The number of ether oxygens (including phenoxy) is 2. The zero-order chi connectivity index (χ0) is 26.7. The number of nitrogens with zero attached hydrogens (tertiary/aromatic N) is 3. The molecule has 13 heteroatoms. The fourth-order valence-electron chi connectivity index (χ4n) is 3.68. The number of methoxy groups -OCH3 is 1. The molecule has 1 heterocycles. The first-order valence-electron chi connectivity index (χ1n) is 11.2. The Hall–Kier alpha value is -2.71. The molecular weight excluding hydrogens is 508 g/mol. The number of carbonyl (C=O) groups is 1. The van der Waals surface area contributed by atoms with Crippen LogP contribution in [-0.4, -0.2) is 85.4 Å². The number of carbonyl (C=O) groups excluding carboxylic acids is 1. The molecule has 2 aromatic rings. The second-order valence-electron chi connectivity index (χ2n) is 8.51. The van der Waals surface area contributed by atoms with Crippen molar-refractivity contribution in [3.8, 4) is 5.75 Å². The van der Waals surface area contributed by atoms with Crippen LogP contribution >= 0.6 is 0 Å². The monoisotopic (exact) mass is 540 g/mol. The molecule has 0 saturated carbocycles. The predicted molar refractivity (Wildman–Crippen MR) is 137 cm³/mol. The number of morpholine rings is 1. The Morgan fingerprint density at radius 3 is 2.33 bits per heavy atom. The maximum Gasteiger partial charge on any atom is 0.304 e. The van der Waals surface area contributed by atoms with Crippen LogP contribution in [0.4, 0.5) is 11.4 Å². The van der Waals surface area contributed by atoms with Crippen LogP contribution in [0.15, 0.2) is 41.3 Å². The van der Waals surface area contributed by atoms with E-state index in [0.717, 1.165) is 14.2 Å². The number of amides is 1. The Kier molecular flexibility index (Phi) is 8.62. The largest absolute Gasteiger partial charge is 0.495 e. The maximum atomic E-state index is 13.1. The Bertz CT molecular complexity index is 1320. The number of anilines is 2. The molecule has 1 N–H and O–H groups in total. The number of benzene rings is 2. The molecule has 2 aromatic carbocycles. The number of nitrogens with one attached hydrogen (secondary N) is 1. The minimum Gasteiger partial charge on any atom is -0.495 e. The van der Waals surface area contributed by atoms with Gasteiger partial charge >= 0.3 is 10.2 Å². The second-order valence-corrected chi connectivity index (χ2v) is 12.5. The summed E-state index contributed by atoms with van der Waals surface area (Å²) < 4.78 is 66.3. The minimum atomic E-state index is -4.02. The van der Waals surface area contributed by atoms with Crippen LogP contribution in [0.3, 0.4) is 0 Å². The second kappa shape index (κ2) is 11.1. The Morgan fingerprint density at radius 1 is 1.06 bits per heavy atom. The van der Waals surface area contributed by atoms with Gasteiger partial charge in [0.15, 0.2) is 0 Å². The zero-order valence-electron chi connectivity index (χ0n) is 21.0. The number of hydrogen-bond donors (Lipinski definition) is 1. The molecule has 3 rings (SSSR count). The normalized spacial score (nSPS) is 15.1. The van der Waals surface area contributed by atoms with Crippen LogP contribution in [-0.2, 0) is 29.8 Å². The van der Waals surface area contributed by atoms with E-state index in [0.29, 0.717) is 24.5 Å². The van der Waals surface area contributed by atoms with Crippen molar-refractivity contribution in [2.24, 2.45) is 0 Å². The lowest BCUT2D eigenvalue weighted by Gasteiger charge is -2.28. The van der Waals surface area contributed by atoms with Gasteiger partial charge in [-0.3, -0.25) is 4.79 Å². The summed E-state index contributed by atoms with van der Waals surface area (Å²) in [5.74, 6) is -0.432. The van der Waals surface area contributed by atoms with Crippen LogP contribution in [0.1, 0.15) is 11.1 Å². The highest BCUT2D eigenvalue weighted by Gasteiger charge is 2.30. The molecule has 0 atom stereocenters. The first kappa shape index (κ1) is 27.9. The van der Waals surface area contributed by atoms with Gasteiger partial charge in [0.1, 0.15) is 12.3 Å². The number of sulfonamides is 1. The van der Waals surface area contributed by atoms with Gasteiger partial charge in [0, 0.05) is 27.2 Å². The van der Waals surface area contributed by atoms with E-state index in [-0.39, 0.29) is 29.4 Å². The average Bonchev–Trinajstić information content (AvgIpc) is 2.84. The van der Waals surface area contributed by atoms with Gasteiger partial charge in [-0.05, 0) is 49.2 Å². The summed E-state index contributed by atoms with van der Waals surface area (Å²) in [6, 6.07) is 9.48. The van der Waals surface area contributed by atoms with Crippen molar-refractivity contribution in [2.75, 3.05) is 63.7 Å². The van der Waals surface area contributed by atoms with E-state index < -0.39 is 32.7 Å². The van der Waals surface area contributed by atoms with E-state index >= 15 is 0 Å². The van der Waals surface area contributed by atoms with E-state index in [1.54, 1.807) is 19.1 Å². The summed E-state index contributed by atoms with van der Waals surface area (Å²) in [6.45, 7) is 4.10. The summed E-state index contributed by atoms with van der Waals surface area (Å²) in [4.78, 5) is 13.1. The van der Waals surface area contributed by atoms with E-state index in [2.05, 4.69) is 5.32 Å². The number of hydrogen-bond acceptors (Lipinski definition) is 7. The Labute approximate surface area is 212 Å². The van der Waals surface area contributed by atoms with Gasteiger partial charge in [0.05, 0.1) is 36.6 Å². The van der Waals surface area contributed by atoms with Crippen molar-refractivity contribution in [2.45, 2.75) is 18.7 Å². The molecule has 1 saturated heterocycles. The molecule has 1 aliphatic heterocycles. The standard InChI is InChI=1S/C23H32N4O7S2/c1-17-6-7-18(2)21(14-17)27(36(31,32)25(3)4)16-23(28)24-20-15-19(8-9-22(20)33-5)35(29,30)26-10-12-34-13-11-26/h6-9,14-15H,10-13,16H2,1-5H3,(H,24,28). The van der Waals surface area contributed by atoms with E-state index in [1.165, 1.54) is 43.7 Å². The average molecular weight is 541 g/mol. The van der Waals surface area contributed by atoms with Gasteiger partial charge in [-0.2, -0.15) is 17.0 Å². The maximum absolute atomic E-state index is 13.1. The van der Waals surface area contributed by atoms with Gasteiger partial charge < -0.3 is 14.8 Å². The summed E-state index contributed by atoms with van der Waals surface area (Å²) >= 11 is 0. The minimum absolute atomic E-state index is 0.0206. The van der Waals surface area contributed by atoms with Crippen molar-refractivity contribution in [1.82, 2.24) is 8.61 Å². The SMILES string of the molecule is COc1ccc(S(=O)(=O)N2CCOCC2)cc1NC(=O)CN(c1cc(C)ccc1C)S(=O)(=O)N(C)C. The molecule has 0 unspecified atom stereocenters. The quantitative estimate of drug-likeness (QED) is 0.512. The molecule has 1 aliphatic rings. The first-order valence-corrected chi connectivity index (χ1v) is 14.0. The number of rotatable bonds is 9. The molecule has 0 radical (unpaired) electrons. The summed E-state index contributed by atoms with van der Waals surface area (Å²) in [5.41, 5.74) is 1.99. The predicted octanol–water partition coefficient (Wildman–Crippen LogP) is 1.58. The third kappa shape index (κ3) is 5.98. The molecule has 0 spiro atoms. The van der Waals surface area contributed by atoms with Crippen LogP contribution in [0, 0.1) is 13.8 Å². The summed E-state index contributed by atoms with van der Waals surface area (Å²) in [6.07, 6.45) is 0. The summed E-state index contributed by atoms with van der Waals surface area (Å²) in [7, 11) is -3.69. The first-order chi connectivity index (χ1) is 16.9. The van der Waals surface area contributed by atoms with Crippen molar-refractivity contribution in [1.29, 1.82) is 0 Å². The van der Waals surface area contributed by atoms with Crippen molar-refractivity contribution < 1.29 is 31.1 Å². The molecule has 1 fully saturated rings. The third-order valence-electron chi connectivity index (χ3n) is 5.71. The van der Waals surface area contributed by atoms with Crippen LogP contribution in [0.2, 0.25) is 0 Å². The fourth-order valence-corrected chi connectivity index (χ4v) is 6.23. The van der Waals surface area contributed by atoms with Crippen LogP contribution in [0.5, 0.6) is 5.75 Å². The lowest BCUT2D eigenvalue weighted by molar-refractivity contribution is -0.114. The highest BCUT2D eigenvalue weighted by molar-refractivity contribution is 7.90. The molecule has 0 bridgehead atoms. The highest BCUT2D eigenvalue weighted by Crippen LogP contribution is 2.30. The smallest absolute Gasteiger partial charge is 0.304 e. The Balaban J connectivity index is 1.93.